The van der Waals surface area contributed by atoms with Crippen LogP contribution < -0.4 is 0 Å². The minimum atomic E-state index is -0.336. The SMILES string of the molecule is CCC(C)(C)C(=O)OC1C[C@@]2(C(C)C)C[C@@H]2C1C. The second kappa shape index (κ2) is 4.25. The van der Waals surface area contributed by atoms with Crippen molar-refractivity contribution < 1.29 is 9.53 Å². The van der Waals surface area contributed by atoms with Crippen molar-refractivity contribution in [3.63, 3.8) is 0 Å². The number of hydrogen-bond acceptors (Lipinski definition) is 2. The Bertz CT molecular complexity index is 345. The van der Waals surface area contributed by atoms with Gasteiger partial charge < -0.3 is 4.74 Å². The molecule has 2 fully saturated rings. The van der Waals surface area contributed by atoms with E-state index >= 15 is 0 Å². The van der Waals surface area contributed by atoms with E-state index in [1.54, 1.807) is 0 Å². The Labute approximate surface area is 111 Å². The first-order valence-corrected chi connectivity index (χ1v) is 7.45. The van der Waals surface area contributed by atoms with Gasteiger partial charge in [-0.05, 0) is 56.3 Å². The van der Waals surface area contributed by atoms with Crippen molar-refractivity contribution in [1.29, 1.82) is 0 Å². The van der Waals surface area contributed by atoms with Gasteiger partial charge in [0.25, 0.3) is 0 Å². The van der Waals surface area contributed by atoms with Crippen LogP contribution in [0.5, 0.6) is 0 Å². The third kappa shape index (κ3) is 1.98. The Kier molecular flexibility index (Phi) is 3.28. The second-order valence-electron chi connectivity index (χ2n) is 7.44. The van der Waals surface area contributed by atoms with Crippen LogP contribution in [0.4, 0.5) is 0 Å². The number of carbonyl (C=O) groups excluding carboxylic acids is 1. The van der Waals surface area contributed by atoms with Crippen LogP contribution in [0, 0.1) is 28.6 Å². The van der Waals surface area contributed by atoms with Gasteiger partial charge in [0.15, 0.2) is 0 Å². The fourth-order valence-electron chi connectivity index (χ4n) is 3.60. The zero-order valence-corrected chi connectivity index (χ0v) is 12.7. The van der Waals surface area contributed by atoms with Crippen LogP contribution in [-0.4, -0.2) is 12.1 Å². The first-order valence-electron chi connectivity index (χ1n) is 7.45. The first-order chi connectivity index (χ1) is 8.24. The summed E-state index contributed by atoms with van der Waals surface area (Å²) < 4.78 is 5.82. The number of rotatable bonds is 4. The number of hydrogen-bond donors (Lipinski definition) is 0. The predicted molar refractivity (Wildman–Crippen MR) is 73.1 cm³/mol. The molecule has 0 aromatic rings. The molecule has 0 radical (unpaired) electrons. The molecule has 0 aromatic heterocycles. The van der Waals surface area contributed by atoms with E-state index in [-0.39, 0.29) is 17.5 Å². The lowest BCUT2D eigenvalue weighted by molar-refractivity contribution is -0.162. The normalized spacial score (nSPS) is 38.7. The molecule has 104 valence electrons. The third-order valence-electron chi connectivity index (χ3n) is 5.83. The summed E-state index contributed by atoms with van der Waals surface area (Å²) in [5, 5.41) is 0. The highest BCUT2D eigenvalue weighted by Crippen LogP contribution is 2.70. The summed E-state index contributed by atoms with van der Waals surface area (Å²) >= 11 is 0. The Morgan fingerprint density at radius 1 is 1.39 bits per heavy atom. The standard InChI is InChI=1S/C16H28O2/c1-7-15(5,6)14(17)18-13-9-16(10(2)3)8-12(16)11(13)4/h10-13H,7-9H2,1-6H3/t11?,12-,13?,16-/m1/s1. The molecule has 2 saturated carbocycles. The number of carbonyl (C=O) groups is 1. The zero-order chi connectivity index (χ0) is 13.7. The molecule has 0 N–H and O–H groups in total. The van der Waals surface area contributed by atoms with Crippen LogP contribution in [0.15, 0.2) is 0 Å². The zero-order valence-electron chi connectivity index (χ0n) is 12.7. The molecule has 2 heteroatoms. The Morgan fingerprint density at radius 3 is 2.44 bits per heavy atom. The molecule has 2 aliphatic rings. The van der Waals surface area contributed by atoms with Gasteiger partial charge in [-0.2, -0.15) is 0 Å². The van der Waals surface area contributed by atoms with E-state index in [2.05, 4.69) is 20.8 Å². The number of fused-ring (bicyclic) bond motifs is 1. The average Bonchev–Trinajstić information content (AvgIpc) is 2.96. The van der Waals surface area contributed by atoms with Crippen LogP contribution in [0.1, 0.15) is 60.8 Å². The topological polar surface area (TPSA) is 26.3 Å². The van der Waals surface area contributed by atoms with Crippen molar-refractivity contribution in [3.8, 4) is 0 Å². The molecular formula is C16H28O2. The minimum Gasteiger partial charge on any atom is -0.462 e. The van der Waals surface area contributed by atoms with Gasteiger partial charge in [-0.3, -0.25) is 4.79 Å². The average molecular weight is 252 g/mol. The second-order valence-corrected chi connectivity index (χ2v) is 7.44. The van der Waals surface area contributed by atoms with E-state index < -0.39 is 0 Å². The van der Waals surface area contributed by atoms with Gasteiger partial charge in [0.2, 0.25) is 0 Å². The van der Waals surface area contributed by atoms with E-state index in [0.29, 0.717) is 17.3 Å². The Balaban J connectivity index is 1.99. The van der Waals surface area contributed by atoms with Crippen LogP contribution in [-0.2, 0) is 9.53 Å². The summed E-state index contributed by atoms with van der Waals surface area (Å²) in [4.78, 5) is 12.2. The molecule has 0 aliphatic heterocycles. The molecule has 18 heavy (non-hydrogen) atoms. The molecule has 2 rings (SSSR count). The van der Waals surface area contributed by atoms with Crippen molar-refractivity contribution in [2.45, 2.75) is 66.9 Å². The van der Waals surface area contributed by atoms with Crippen LogP contribution in [0.3, 0.4) is 0 Å². The summed E-state index contributed by atoms with van der Waals surface area (Å²) in [5.74, 6) is 2.04. The van der Waals surface area contributed by atoms with Gasteiger partial charge in [0.05, 0.1) is 5.41 Å². The maximum absolute atomic E-state index is 12.2. The van der Waals surface area contributed by atoms with E-state index in [4.69, 9.17) is 4.74 Å². The molecule has 0 saturated heterocycles. The van der Waals surface area contributed by atoms with E-state index in [1.807, 2.05) is 20.8 Å². The molecule has 0 amide bonds. The van der Waals surface area contributed by atoms with Gasteiger partial charge in [0, 0.05) is 0 Å². The third-order valence-corrected chi connectivity index (χ3v) is 5.83. The molecular weight excluding hydrogens is 224 g/mol. The van der Waals surface area contributed by atoms with E-state index in [1.165, 1.54) is 6.42 Å². The summed E-state index contributed by atoms with van der Waals surface area (Å²) in [6.07, 6.45) is 3.43. The van der Waals surface area contributed by atoms with Crippen LogP contribution in [0.2, 0.25) is 0 Å². The van der Waals surface area contributed by atoms with Crippen molar-refractivity contribution in [2.75, 3.05) is 0 Å². The monoisotopic (exact) mass is 252 g/mol. The summed E-state index contributed by atoms with van der Waals surface area (Å²) in [5.41, 5.74) is 0.151. The minimum absolute atomic E-state index is 0.0120. The van der Waals surface area contributed by atoms with Gasteiger partial charge in [-0.25, -0.2) is 0 Å². The molecule has 0 bridgehead atoms. The van der Waals surface area contributed by atoms with Gasteiger partial charge in [-0.15, -0.1) is 0 Å². The number of esters is 1. The summed E-state index contributed by atoms with van der Waals surface area (Å²) in [7, 11) is 0. The van der Waals surface area contributed by atoms with Gasteiger partial charge in [-0.1, -0.05) is 27.7 Å². The highest BCUT2D eigenvalue weighted by molar-refractivity contribution is 5.76. The van der Waals surface area contributed by atoms with Crippen molar-refractivity contribution in [3.05, 3.63) is 0 Å². The molecule has 0 heterocycles. The smallest absolute Gasteiger partial charge is 0.311 e. The lowest BCUT2D eigenvalue weighted by atomic mass is 9.89. The molecule has 2 nitrogen and oxygen atoms in total. The quantitative estimate of drug-likeness (QED) is 0.706. The van der Waals surface area contributed by atoms with Crippen LogP contribution >= 0.6 is 0 Å². The number of ether oxygens (including phenoxy) is 1. The molecule has 4 atom stereocenters. The highest BCUT2D eigenvalue weighted by atomic mass is 16.5. The summed E-state index contributed by atoms with van der Waals surface area (Å²) in [6.45, 7) is 12.9. The maximum atomic E-state index is 12.2. The largest absolute Gasteiger partial charge is 0.462 e. The Morgan fingerprint density at radius 2 is 2.00 bits per heavy atom. The van der Waals surface area contributed by atoms with Gasteiger partial charge >= 0.3 is 5.97 Å². The predicted octanol–water partition coefficient (Wildman–Crippen LogP) is 4.04. The van der Waals surface area contributed by atoms with Crippen LogP contribution in [0.25, 0.3) is 0 Å². The highest BCUT2D eigenvalue weighted by Gasteiger charge is 2.66. The first kappa shape index (κ1) is 13.9. The molecule has 0 spiro atoms. The molecule has 2 aliphatic carbocycles. The lowest BCUT2D eigenvalue weighted by Crippen LogP contribution is -2.32. The van der Waals surface area contributed by atoms with Crippen molar-refractivity contribution in [1.82, 2.24) is 0 Å². The summed E-state index contributed by atoms with van der Waals surface area (Å²) in [6, 6.07) is 0. The lowest BCUT2D eigenvalue weighted by Gasteiger charge is -2.27. The molecule has 2 unspecified atom stereocenters. The fourth-order valence-corrected chi connectivity index (χ4v) is 3.60. The van der Waals surface area contributed by atoms with E-state index in [9.17, 15) is 4.79 Å². The molecule has 0 aromatic carbocycles. The maximum Gasteiger partial charge on any atom is 0.311 e. The van der Waals surface area contributed by atoms with Crippen molar-refractivity contribution >= 4 is 5.97 Å². The Hall–Kier alpha value is -0.530. The fraction of sp³-hybridized carbons (Fsp3) is 0.938. The van der Waals surface area contributed by atoms with Crippen molar-refractivity contribution in [2.24, 2.45) is 28.6 Å². The van der Waals surface area contributed by atoms with E-state index in [0.717, 1.165) is 18.8 Å². The van der Waals surface area contributed by atoms with Gasteiger partial charge in [0.1, 0.15) is 6.10 Å².